The van der Waals surface area contributed by atoms with Crippen LogP contribution in [-0.2, 0) is 4.79 Å². The van der Waals surface area contributed by atoms with Gasteiger partial charge in [0, 0.05) is 5.69 Å². The average molecular weight is 369 g/mol. The summed E-state index contributed by atoms with van der Waals surface area (Å²) < 4.78 is 12.9. The number of carbonyl (C=O) groups is 1. The largest absolute Gasteiger partial charge is 0.325 e. The molecule has 1 aromatic carbocycles. The number of carbonyl (C=O) groups excluding carboxylic acids is 1. The molecule has 0 aliphatic carbocycles. The van der Waals surface area contributed by atoms with E-state index in [0.717, 1.165) is 10.6 Å². The number of halogens is 1. The van der Waals surface area contributed by atoms with Gasteiger partial charge in [0.05, 0.1) is 21.9 Å². The number of hydrogen-bond acceptors (Lipinski definition) is 5. The zero-order chi connectivity index (χ0) is 17.6. The second kappa shape index (κ2) is 7.92. The van der Waals surface area contributed by atoms with E-state index in [4.69, 9.17) is 0 Å². The van der Waals surface area contributed by atoms with Crippen LogP contribution in [0.15, 0.2) is 58.9 Å². The summed E-state index contributed by atoms with van der Waals surface area (Å²) in [5.74, 6) is -0.503. The van der Waals surface area contributed by atoms with Crippen LogP contribution in [0.3, 0.4) is 0 Å². The molecule has 3 aromatic rings. The molecule has 0 fully saturated rings. The first-order valence-corrected chi connectivity index (χ1v) is 9.15. The molecule has 7 heteroatoms. The molecule has 1 amide bonds. The molecule has 0 aliphatic rings. The van der Waals surface area contributed by atoms with Gasteiger partial charge in [0.25, 0.3) is 0 Å². The molecule has 0 radical (unpaired) electrons. The first kappa shape index (κ1) is 17.1. The van der Waals surface area contributed by atoms with Crippen molar-refractivity contribution in [3.63, 3.8) is 0 Å². The molecule has 0 saturated heterocycles. The zero-order valence-corrected chi connectivity index (χ0v) is 14.5. The van der Waals surface area contributed by atoms with Crippen LogP contribution in [0, 0.1) is 17.1 Å². The number of anilines is 1. The molecule has 2 aromatic heterocycles. The van der Waals surface area contributed by atoms with Crippen molar-refractivity contribution < 1.29 is 9.18 Å². The number of rotatable bonds is 5. The predicted molar refractivity (Wildman–Crippen MR) is 98.0 cm³/mol. The maximum absolute atomic E-state index is 12.9. The molecule has 4 nitrogen and oxygen atoms in total. The van der Waals surface area contributed by atoms with Crippen molar-refractivity contribution >= 4 is 34.7 Å². The van der Waals surface area contributed by atoms with Gasteiger partial charge in [-0.1, -0.05) is 17.8 Å². The first-order chi connectivity index (χ1) is 12.2. The number of nitrogens with zero attached hydrogens (tertiary/aromatic N) is 2. The normalized spacial score (nSPS) is 10.2. The third-order valence-electron chi connectivity index (χ3n) is 3.22. The summed E-state index contributed by atoms with van der Waals surface area (Å²) in [7, 11) is 0. The highest BCUT2D eigenvalue weighted by atomic mass is 32.2. The fraction of sp³-hybridized carbons (Fsp3) is 0.0556. The van der Waals surface area contributed by atoms with Gasteiger partial charge in [-0.2, -0.15) is 5.26 Å². The highest BCUT2D eigenvalue weighted by Crippen LogP contribution is 2.28. The van der Waals surface area contributed by atoms with Gasteiger partial charge in [-0.25, -0.2) is 9.37 Å². The summed E-state index contributed by atoms with van der Waals surface area (Å²) in [5.41, 5.74) is 1.73. The molecule has 0 spiro atoms. The fourth-order valence-corrected chi connectivity index (χ4v) is 3.53. The number of thioether (sulfide) groups is 1. The third kappa shape index (κ3) is 4.44. The van der Waals surface area contributed by atoms with E-state index in [-0.39, 0.29) is 17.5 Å². The standard InChI is InChI=1S/C18H12FN3OS2/c19-13-4-6-14(7-5-13)21-17(23)11-25-18-12(10-20)3-8-15(22-18)16-2-1-9-24-16/h1-9H,11H2,(H,21,23). The van der Waals surface area contributed by atoms with E-state index >= 15 is 0 Å². The van der Waals surface area contributed by atoms with Crippen molar-refractivity contribution in [2.75, 3.05) is 11.1 Å². The Hall–Kier alpha value is -2.69. The molecular formula is C18H12FN3OS2. The van der Waals surface area contributed by atoms with Crippen molar-refractivity contribution in [1.82, 2.24) is 4.98 Å². The van der Waals surface area contributed by atoms with E-state index in [9.17, 15) is 14.4 Å². The molecule has 0 atom stereocenters. The minimum Gasteiger partial charge on any atom is -0.325 e. The van der Waals surface area contributed by atoms with Gasteiger partial charge in [-0.05, 0) is 47.8 Å². The number of nitriles is 1. The monoisotopic (exact) mass is 369 g/mol. The Labute approximate surface area is 152 Å². The summed E-state index contributed by atoms with van der Waals surface area (Å²) >= 11 is 2.76. The lowest BCUT2D eigenvalue weighted by molar-refractivity contribution is -0.113. The Morgan fingerprint density at radius 2 is 2.04 bits per heavy atom. The third-order valence-corrected chi connectivity index (χ3v) is 5.11. The van der Waals surface area contributed by atoms with Crippen molar-refractivity contribution in [2.24, 2.45) is 0 Å². The number of hydrogen-bond donors (Lipinski definition) is 1. The van der Waals surface area contributed by atoms with Crippen molar-refractivity contribution in [1.29, 1.82) is 5.26 Å². The zero-order valence-electron chi connectivity index (χ0n) is 12.9. The van der Waals surface area contributed by atoms with Gasteiger partial charge < -0.3 is 5.32 Å². The Morgan fingerprint density at radius 3 is 2.72 bits per heavy atom. The molecule has 25 heavy (non-hydrogen) atoms. The Bertz CT molecular complexity index is 918. The maximum atomic E-state index is 12.9. The van der Waals surface area contributed by atoms with E-state index in [1.54, 1.807) is 23.5 Å². The number of pyridine rings is 1. The molecule has 0 bridgehead atoms. The highest BCUT2D eigenvalue weighted by Gasteiger charge is 2.11. The minimum absolute atomic E-state index is 0.104. The Balaban J connectivity index is 1.69. The SMILES string of the molecule is N#Cc1ccc(-c2cccs2)nc1SCC(=O)Nc1ccc(F)cc1. The van der Waals surface area contributed by atoms with E-state index in [1.807, 2.05) is 17.5 Å². The van der Waals surface area contributed by atoms with E-state index in [1.165, 1.54) is 36.0 Å². The smallest absolute Gasteiger partial charge is 0.234 e. The lowest BCUT2D eigenvalue weighted by Crippen LogP contribution is -2.14. The van der Waals surface area contributed by atoms with Crippen LogP contribution in [-0.4, -0.2) is 16.6 Å². The number of nitrogens with one attached hydrogen (secondary N) is 1. The number of thiophene rings is 1. The van der Waals surface area contributed by atoms with Crippen molar-refractivity contribution in [2.45, 2.75) is 5.03 Å². The number of aromatic nitrogens is 1. The molecule has 2 heterocycles. The summed E-state index contributed by atoms with van der Waals surface area (Å²) in [4.78, 5) is 17.5. The van der Waals surface area contributed by atoms with Crippen LogP contribution >= 0.6 is 23.1 Å². The highest BCUT2D eigenvalue weighted by molar-refractivity contribution is 8.00. The number of amides is 1. The van der Waals surface area contributed by atoms with Gasteiger partial charge in [0.1, 0.15) is 16.9 Å². The molecule has 3 rings (SSSR count). The van der Waals surface area contributed by atoms with Gasteiger partial charge in [-0.3, -0.25) is 4.79 Å². The average Bonchev–Trinajstić information content (AvgIpc) is 3.16. The lowest BCUT2D eigenvalue weighted by atomic mass is 10.2. The van der Waals surface area contributed by atoms with Crippen LogP contribution in [0.2, 0.25) is 0 Å². The topological polar surface area (TPSA) is 65.8 Å². The molecular weight excluding hydrogens is 357 g/mol. The van der Waals surface area contributed by atoms with Crippen molar-refractivity contribution in [3.8, 4) is 16.6 Å². The first-order valence-electron chi connectivity index (χ1n) is 7.29. The van der Waals surface area contributed by atoms with E-state index < -0.39 is 0 Å². The summed E-state index contributed by atoms with van der Waals surface area (Å²) in [5, 5.41) is 14.4. The molecule has 1 N–H and O–H groups in total. The minimum atomic E-state index is -0.361. The fourth-order valence-electron chi connectivity index (χ4n) is 2.06. The van der Waals surface area contributed by atoms with Gasteiger partial charge >= 0.3 is 0 Å². The van der Waals surface area contributed by atoms with Crippen LogP contribution < -0.4 is 5.32 Å². The number of benzene rings is 1. The van der Waals surface area contributed by atoms with Crippen LogP contribution in [0.5, 0.6) is 0 Å². The second-order valence-corrected chi connectivity index (χ2v) is 6.89. The van der Waals surface area contributed by atoms with Crippen LogP contribution in [0.25, 0.3) is 10.6 Å². The molecule has 0 unspecified atom stereocenters. The second-order valence-electron chi connectivity index (χ2n) is 4.98. The van der Waals surface area contributed by atoms with Crippen molar-refractivity contribution in [3.05, 3.63) is 65.3 Å². The Morgan fingerprint density at radius 1 is 1.24 bits per heavy atom. The maximum Gasteiger partial charge on any atom is 0.234 e. The van der Waals surface area contributed by atoms with Crippen LogP contribution in [0.1, 0.15) is 5.56 Å². The summed E-state index contributed by atoms with van der Waals surface area (Å²) in [6.07, 6.45) is 0. The molecule has 0 aliphatic heterocycles. The van der Waals surface area contributed by atoms with E-state index in [0.29, 0.717) is 16.3 Å². The predicted octanol–water partition coefficient (Wildman–Crippen LogP) is 4.55. The van der Waals surface area contributed by atoms with Gasteiger partial charge in [0.15, 0.2) is 0 Å². The quantitative estimate of drug-likeness (QED) is 0.670. The van der Waals surface area contributed by atoms with Gasteiger partial charge in [-0.15, -0.1) is 11.3 Å². The van der Waals surface area contributed by atoms with Crippen LogP contribution in [0.4, 0.5) is 10.1 Å². The van der Waals surface area contributed by atoms with E-state index in [2.05, 4.69) is 16.4 Å². The summed E-state index contributed by atoms with van der Waals surface area (Å²) in [6, 6.07) is 15.0. The molecule has 0 saturated carbocycles. The molecule has 124 valence electrons. The van der Waals surface area contributed by atoms with Gasteiger partial charge in [0.2, 0.25) is 5.91 Å². The summed E-state index contributed by atoms with van der Waals surface area (Å²) in [6.45, 7) is 0. The lowest BCUT2D eigenvalue weighted by Gasteiger charge is -2.07. The Kier molecular flexibility index (Phi) is 5.43.